The van der Waals surface area contributed by atoms with Gasteiger partial charge in [0.25, 0.3) is 5.91 Å². The number of hydrogen-bond donors (Lipinski definition) is 0. The van der Waals surface area contributed by atoms with Crippen molar-refractivity contribution in [3.8, 4) is 0 Å². The molecule has 0 saturated carbocycles. The van der Waals surface area contributed by atoms with Gasteiger partial charge in [0.05, 0.1) is 17.2 Å². The second-order valence-corrected chi connectivity index (χ2v) is 5.65. The zero-order valence-corrected chi connectivity index (χ0v) is 14.5. The molecule has 2 rings (SSSR count). The molecule has 0 radical (unpaired) electrons. The number of imide groups is 1. The smallest absolute Gasteiger partial charge is 0.415 e. The highest BCUT2D eigenvalue weighted by Gasteiger charge is 2.44. The van der Waals surface area contributed by atoms with Crippen LogP contribution in [0.25, 0.3) is 0 Å². The first-order valence-corrected chi connectivity index (χ1v) is 7.49. The predicted molar refractivity (Wildman–Crippen MR) is 91.0 cm³/mol. The van der Waals surface area contributed by atoms with Gasteiger partial charge in [0, 0.05) is 5.69 Å². The fraction of sp³-hybridized carbons (Fsp3) is 0.294. The topological polar surface area (TPSA) is 89.0 Å². The van der Waals surface area contributed by atoms with E-state index in [1.54, 1.807) is 13.0 Å². The van der Waals surface area contributed by atoms with Crippen molar-refractivity contribution in [3.05, 3.63) is 42.5 Å². The van der Waals surface area contributed by atoms with E-state index >= 15 is 0 Å². The summed E-state index contributed by atoms with van der Waals surface area (Å²) in [5.41, 5.74) is 0.722. The summed E-state index contributed by atoms with van der Waals surface area (Å²) in [6, 6.07) is 2.11. The third kappa shape index (κ3) is 3.52. The van der Waals surface area contributed by atoms with Crippen LogP contribution in [0.4, 0.5) is 21.1 Å². The van der Waals surface area contributed by atoms with Crippen LogP contribution in [0.15, 0.2) is 36.8 Å². The van der Waals surface area contributed by atoms with Gasteiger partial charge in [-0.25, -0.2) is 24.4 Å². The minimum atomic E-state index is -1.02. The molecule has 0 saturated heterocycles. The number of carbonyl (C=O) groups excluding carboxylic acids is 3. The standard InChI is InChI=1S/C17H19N3O5/c1-9(2)24-16(22)19-12(6)15(21)20(17(23)25-10(3)4)13-8-7-11(5)18-14(13)19/h7-8,12H,1,3H2,2,4-6H3/t12-/m0/s1. The van der Waals surface area contributed by atoms with Crippen molar-refractivity contribution in [3.63, 3.8) is 0 Å². The number of pyridine rings is 1. The van der Waals surface area contributed by atoms with Gasteiger partial charge in [-0.05, 0) is 39.8 Å². The Balaban J connectivity index is 2.57. The number of ether oxygens (including phenoxy) is 2. The van der Waals surface area contributed by atoms with Gasteiger partial charge in [-0.1, -0.05) is 13.2 Å². The molecule has 1 aromatic rings. The zero-order valence-electron chi connectivity index (χ0n) is 14.5. The second-order valence-electron chi connectivity index (χ2n) is 5.65. The molecule has 2 heterocycles. The van der Waals surface area contributed by atoms with Gasteiger partial charge in [-0.15, -0.1) is 0 Å². The largest absolute Gasteiger partial charge is 0.426 e. The summed E-state index contributed by atoms with van der Waals surface area (Å²) in [6.45, 7) is 13.2. The van der Waals surface area contributed by atoms with E-state index in [0.29, 0.717) is 5.69 Å². The van der Waals surface area contributed by atoms with Crippen molar-refractivity contribution in [2.45, 2.75) is 33.7 Å². The lowest BCUT2D eigenvalue weighted by molar-refractivity contribution is -0.119. The maximum Gasteiger partial charge on any atom is 0.426 e. The molecule has 0 N–H and O–H groups in total. The zero-order chi connectivity index (χ0) is 18.9. The number of anilines is 2. The van der Waals surface area contributed by atoms with E-state index < -0.39 is 24.1 Å². The highest BCUT2D eigenvalue weighted by atomic mass is 16.6. The number of rotatable bonds is 2. The van der Waals surface area contributed by atoms with E-state index in [2.05, 4.69) is 18.1 Å². The number of fused-ring (bicyclic) bond motifs is 1. The normalized spacial score (nSPS) is 16.2. The summed E-state index contributed by atoms with van der Waals surface area (Å²) in [5, 5.41) is 0. The minimum absolute atomic E-state index is 0.122. The van der Waals surface area contributed by atoms with Gasteiger partial charge < -0.3 is 9.47 Å². The molecule has 0 unspecified atom stereocenters. The molecule has 1 aromatic heterocycles. The summed E-state index contributed by atoms with van der Waals surface area (Å²) in [7, 11) is 0. The Kier molecular flexibility index (Phi) is 4.92. The van der Waals surface area contributed by atoms with Crippen molar-refractivity contribution in [2.24, 2.45) is 0 Å². The van der Waals surface area contributed by atoms with Crippen LogP contribution in [0, 0.1) is 6.92 Å². The second kappa shape index (κ2) is 6.76. The van der Waals surface area contributed by atoms with Gasteiger partial charge >= 0.3 is 12.2 Å². The summed E-state index contributed by atoms with van der Waals surface area (Å²) in [6.07, 6.45) is -1.72. The number of aryl methyl sites for hydroxylation is 1. The lowest BCUT2D eigenvalue weighted by Gasteiger charge is -2.37. The van der Waals surface area contributed by atoms with E-state index in [1.165, 1.54) is 26.8 Å². The van der Waals surface area contributed by atoms with Crippen LogP contribution in [0.3, 0.4) is 0 Å². The van der Waals surface area contributed by atoms with Crippen molar-refractivity contribution in [1.82, 2.24) is 4.98 Å². The average Bonchev–Trinajstić information content (AvgIpc) is 2.47. The van der Waals surface area contributed by atoms with Crippen LogP contribution in [0.5, 0.6) is 0 Å². The van der Waals surface area contributed by atoms with Gasteiger partial charge in [0.15, 0.2) is 5.82 Å². The Hall–Kier alpha value is -3.16. The minimum Gasteiger partial charge on any atom is -0.415 e. The first-order valence-electron chi connectivity index (χ1n) is 7.49. The number of amides is 3. The van der Waals surface area contributed by atoms with Crippen molar-refractivity contribution in [2.75, 3.05) is 9.80 Å². The Labute approximate surface area is 145 Å². The molecule has 0 aliphatic carbocycles. The number of nitrogens with zero attached hydrogens (tertiary/aromatic N) is 3. The number of allylic oxidation sites excluding steroid dienone is 2. The summed E-state index contributed by atoms with van der Waals surface area (Å²) in [4.78, 5) is 43.6. The Bertz CT molecular complexity index is 786. The molecular formula is C17H19N3O5. The molecular weight excluding hydrogens is 326 g/mol. The highest BCUT2D eigenvalue weighted by Crippen LogP contribution is 2.36. The quantitative estimate of drug-likeness (QED) is 0.764. The Morgan fingerprint density at radius 2 is 1.68 bits per heavy atom. The molecule has 8 nitrogen and oxygen atoms in total. The molecule has 0 fully saturated rings. The summed E-state index contributed by atoms with van der Waals surface area (Å²) < 4.78 is 9.97. The van der Waals surface area contributed by atoms with Gasteiger partial charge in [0.2, 0.25) is 0 Å². The van der Waals surface area contributed by atoms with E-state index in [4.69, 9.17) is 9.47 Å². The van der Waals surface area contributed by atoms with Gasteiger partial charge in [-0.3, -0.25) is 4.79 Å². The summed E-state index contributed by atoms with van der Waals surface area (Å²) >= 11 is 0. The molecule has 1 atom stereocenters. The molecule has 0 aromatic carbocycles. The van der Waals surface area contributed by atoms with E-state index in [0.717, 1.165) is 9.80 Å². The van der Waals surface area contributed by atoms with E-state index in [9.17, 15) is 14.4 Å². The molecule has 3 amide bonds. The Morgan fingerprint density at radius 1 is 1.12 bits per heavy atom. The van der Waals surface area contributed by atoms with Crippen molar-refractivity contribution < 1.29 is 23.9 Å². The predicted octanol–water partition coefficient (Wildman–Crippen LogP) is 3.27. The Morgan fingerprint density at radius 3 is 2.24 bits per heavy atom. The van der Waals surface area contributed by atoms with Crippen LogP contribution < -0.4 is 9.80 Å². The molecule has 1 aliphatic rings. The average molecular weight is 345 g/mol. The lowest BCUT2D eigenvalue weighted by atomic mass is 10.1. The fourth-order valence-electron chi connectivity index (χ4n) is 2.31. The van der Waals surface area contributed by atoms with E-state index in [-0.39, 0.29) is 23.0 Å². The molecule has 8 heteroatoms. The van der Waals surface area contributed by atoms with Gasteiger partial charge in [0.1, 0.15) is 6.04 Å². The van der Waals surface area contributed by atoms with Crippen LogP contribution in [-0.2, 0) is 14.3 Å². The first-order chi connectivity index (χ1) is 11.6. The van der Waals surface area contributed by atoms with Crippen LogP contribution in [-0.4, -0.2) is 29.1 Å². The van der Waals surface area contributed by atoms with Crippen LogP contribution >= 0.6 is 0 Å². The maximum absolute atomic E-state index is 12.7. The first kappa shape index (κ1) is 18.2. The van der Waals surface area contributed by atoms with Crippen molar-refractivity contribution in [1.29, 1.82) is 0 Å². The fourth-order valence-corrected chi connectivity index (χ4v) is 2.31. The highest BCUT2D eigenvalue weighted by molar-refractivity contribution is 6.21. The van der Waals surface area contributed by atoms with E-state index in [1.807, 2.05) is 0 Å². The van der Waals surface area contributed by atoms with Crippen LogP contribution in [0.1, 0.15) is 26.5 Å². The van der Waals surface area contributed by atoms with Crippen LogP contribution in [0.2, 0.25) is 0 Å². The number of aromatic nitrogens is 1. The monoisotopic (exact) mass is 345 g/mol. The van der Waals surface area contributed by atoms with Crippen molar-refractivity contribution >= 4 is 29.6 Å². The number of carbonyl (C=O) groups is 3. The molecule has 25 heavy (non-hydrogen) atoms. The summed E-state index contributed by atoms with van der Waals surface area (Å²) in [5.74, 6) is -0.223. The molecule has 0 bridgehead atoms. The lowest BCUT2D eigenvalue weighted by Crippen LogP contribution is -2.56. The van der Waals surface area contributed by atoms with Gasteiger partial charge in [-0.2, -0.15) is 0 Å². The molecule has 1 aliphatic heterocycles. The molecule has 132 valence electrons. The maximum atomic E-state index is 12.7. The molecule has 0 spiro atoms. The SMILES string of the molecule is C=C(C)OC(=O)N1C(=O)[C@H](C)N(C(=O)OC(=C)C)c2nc(C)ccc21. The number of hydrogen-bond acceptors (Lipinski definition) is 6. The third-order valence-corrected chi connectivity index (χ3v) is 3.33. The third-order valence-electron chi connectivity index (χ3n) is 3.33.